The number of phenols is 1. The van der Waals surface area contributed by atoms with Gasteiger partial charge in [-0.1, -0.05) is 17.7 Å². The molecule has 112 valence electrons. The first-order chi connectivity index (χ1) is 9.69. The van der Waals surface area contributed by atoms with Crippen LogP contribution in [0.25, 0.3) is 0 Å². The predicted octanol–water partition coefficient (Wildman–Crippen LogP) is 2.38. The highest BCUT2D eigenvalue weighted by Gasteiger charge is 2.19. The van der Waals surface area contributed by atoms with Gasteiger partial charge in [-0.3, -0.25) is 4.90 Å². The van der Waals surface area contributed by atoms with Gasteiger partial charge in [0.05, 0.1) is 11.1 Å². The summed E-state index contributed by atoms with van der Waals surface area (Å²) in [7, 11) is 0. The topological polar surface area (TPSA) is 58.7 Å². The van der Waals surface area contributed by atoms with Crippen LogP contribution in [0, 0.1) is 0 Å². The summed E-state index contributed by atoms with van der Waals surface area (Å²) in [5, 5.41) is 9.84. The molecule has 1 aromatic carbocycles. The quantitative estimate of drug-likeness (QED) is 0.792. The molecule has 3 N–H and O–H groups in total. The van der Waals surface area contributed by atoms with E-state index in [0.717, 1.165) is 51.1 Å². The number of benzene rings is 1. The highest BCUT2D eigenvalue weighted by molar-refractivity contribution is 6.32. The van der Waals surface area contributed by atoms with Gasteiger partial charge in [0.25, 0.3) is 0 Å². The molecule has 0 atom stereocenters. The molecule has 2 rings (SSSR count). The zero-order chi connectivity index (χ0) is 14.4. The molecule has 0 radical (unpaired) electrons. The standard InChI is InChI=1S/C15H23ClN2O2/c16-14-10-12(2-3-15(14)19)11-18-7-4-13(5-8-18)20-9-1-6-17/h2-3,10,13,19H,1,4-9,11,17H2. The molecule has 1 saturated heterocycles. The number of hydrogen-bond donors (Lipinski definition) is 2. The minimum Gasteiger partial charge on any atom is -0.506 e. The Bertz CT molecular complexity index is 420. The summed E-state index contributed by atoms with van der Waals surface area (Å²) >= 11 is 5.93. The van der Waals surface area contributed by atoms with Gasteiger partial charge in [-0.05, 0) is 43.5 Å². The molecule has 0 amide bonds. The second-order valence-corrected chi connectivity index (χ2v) is 5.68. The SMILES string of the molecule is NCCCOC1CCN(Cc2ccc(O)c(Cl)c2)CC1. The number of halogens is 1. The van der Waals surface area contributed by atoms with Crippen LogP contribution < -0.4 is 5.73 Å². The molecule has 1 aliphatic rings. The van der Waals surface area contributed by atoms with Crippen molar-refractivity contribution in [1.29, 1.82) is 0 Å². The number of rotatable bonds is 6. The number of ether oxygens (including phenoxy) is 1. The molecule has 1 aromatic rings. The third kappa shape index (κ3) is 4.63. The zero-order valence-electron chi connectivity index (χ0n) is 11.7. The maximum atomic E-state index is 9.42. The number of nitrogens with two attached hydrogens (primary N) is 1. The summed E-state index contributed by atoms with van der Waals surface area (Å²) in [6.45, 7) is 4.41. The van der Waals surface area contributed by atoms with Gasteiger partial charge in [0.1, 0.15) is 5.75 Å². The first-order valence-corrected chi connectivity index (χ1v) is 7.58. The molecule has 1 heterocycles. The molecule has 1 fully saturated rings. The van der Waals surface area contributed by atoms with E-state index >= 15 is 0 Å². The average molecular weight is 299 g/mol. The van der Waals surface area contributed by atoms with E-state index in [1.54, 1.807) is 6.07 Å². The minimum absolute atomic E-state index is 0.141. The Morgan fingerprint density at radius 3 is 2.75 bits per heavy atom. The van der Waals surface area contributed by atoms with Crippen LogP contribution in [0.1, 0.15) is 24.8 Å². The van der Waals surface area contributed by atoms with E-state index in [4.69, 9.17) is 22.1 Å². The van der Waals surface area contributed by atoms with Crippen molar-refractivity contribution in [2.75, 3.05) is 26.2 Å². The number of hydrogen-bond acceptors (Lipinski definition) is 4. The molecule has 5 heteroatoms. The Labute approximate surface area is 125 Å². The molecule has 0 aromatic heterocycles. The van der Waals surface area contributed by atoms with Gasteiger partial charge in [-0.2, -0.15) is 0 Å². The van der Waals surface area contributed by atoms with E-state index in [-0.39, 0.29) is 5.75 Å². The van der Waals surface area contributed by atoms with Gasteiger partial charge in [-0.25, -0.2) is 0 Å². The van der Waals surface area contributed by atoms with Crippen molar-refractivity contribution in [3.63, 3.8) is 0 Å². The van der Waals surface area contributed by atoms with E-state index in [0.29, 0.717) is 17.7 Å². The van der Waals surface area contributed by atoms with E-state index in [2.05, 4.69) is 4.90 Å². The highest BCUT2D eigenvalue weighted by Crippen LogP contribution is 2.25. The normalized spacial score (nSPS) is 17.5. The summed E-state index contributed by atoms with van der Waals surface area (Å²) in [6.07, 6.45) is 3.44. The fourth-order valence-electron chi connectivity index (χ4n) is 2.47. The van der Waals surface area contributed by atoms with Crippen molar-refractivity contribution >= 4 is 11.6 Å². The lowest BCUT2D eigenvalue weighted by molar-refractivity contribution is 0.00563. The summed E-state index contributed by atoms with van der Waals surface area (Å²) < 4.78 is 5.80. The van der Waals surface area contributed by atoms with Crippen molar-refractivity contribution in [2.24, 2.45) is 5.73 Å². The van der Waals surface area contributed by atoms with E-state index < -0.39 is 0 Å². The predicted molar refractivity (Wildman–Crippen MR) is 81.0 cm³/mol. The summed E-state index contributed by atoms with van der Waals surface area (Å²) in [5.41, 5.74) is 6.59. The Morgan fingerprint density at radius 2 is 2.10 bits per heavy atom. The molecule has 0 bridgehead atoms. The number of nitrogens with zero attached hydrogens (tertiary/aromatic N) is 1. The second kappa shape index (κ2) is 7.84. The van der Waals surface area contributed by atoms with Gasteiger partial charge in [0, 0.05) is 26.2 Å². The van der Waals surface area contributed by atoms with Crippen molar-refractivity contribution in [1.82, 2.24) is 4.90 Å². The van der Waals surface area contributed by atoms with Gasteiger partial charge in [0.15, 0.2) is 0 Å². The Morgan fingerprint density at radius 1 is 1.35 bits per heavy atom. The van der Waals surface area contributed by atoms with E-state index in [9.17, 15) is 5.11 Å². The lowest BCUT2D eigenvalue weighted by Crippen LogP contribution is -2.36. The number of likely N-dealkylation sites (tertiary alicyclic amines) is 1. The minimum atomic E-state index is 0.141. The number of piperidine rings is 1. The molecule has 20 heavy (non-hydrogen) atoms. The molecule has 0 spiro atoms. The van der Waals surface area contributed by atoms with Crippen molar-refractivity contribution < 1.29 is 9.84 Å². The molecule has 4 nitrogen and oxygen atoms in total. The average Bonchev–Trinajstić information content (AvgIpc) is 2.45. The van der Waals surface area contributed by atoms with Gasteiger partial charge in [-0.15, -0.1) is 0 Å². The second-order valence-electron chi connectivity index (χ2n) is 5.27. The van der Waals surface area contributed by atoms with Crippen LogP contribution in [0.5, 0.6) is 5.75 Å². The van der Waals surface area contributed by atoms with Crippen LogP contribution in [-0.4, -0.2) is 42.4 Å². The lowest BCUT2D eigenvalue weighted by atomic mass is 10.1. The number of aromatic hydroxyl groups is 1. The summed E-state index contributed by atoms with van der Waals surface area (Å²) in [4.78, 5) is 2.39. The van der Waals surface area contributed by atoms with E-state index in [1.165, 1.54) is 0 Å². The maximum absolute atomic E-state index is 9.42. The van der Waals surface area contributed by atoms with Crippen LogP contribution in [0.15, 0.2) is 18.2 Å². The molecule has 1 aliphatic heterocycles. The van der Waals surface area contributed by atoms with Gasteiger partial charge >= 0.3 is 0 Å². The van der Waals surface area contributed by atoms with Crippen LogP contribution in [0.2, 0.25) is 5.02 Å². The molecule has 0 aliphatic carbocycles. The van der Waals surface area contributed by atoms with Crippen LogP contribution >= 0.6 is 11.6 Å². The van der Waals surface area contributed by atoms with Crippen molar-refractivity contribution in [2.45, 2.75) is 31.9 Å². The molecule has 0 saturated carbocycles. The number of phenolic OH excluding ortho intramolecular Hbond substituents is 1. The monoisotopic (exact) mass is 298 g/mol. The van der Waals surface area contributed by atoms with Crippen molar-refractivity contribution in [3.8, 4) is 5.75 Å². The van der Waals surface area contributed by atoms with Crippen LogP contribution in [-0.2, 0) is 11.3 Å². The Balaban J connectivity index is 1.75. The summed E-state index contributed by atoms with van der Waals surface area (Å²) in [5.74, 6) is 0.141. The van der Waals surface area contributed by atoms with Crippen molar-refractivity contribution in [3.05, 3.63) is 28.8 Å². The van der Waals surface area contributed by atoms with Crippen LogP contribution in [0.3, 0.4) is 0 Å². The largest absolute Gasteiger partial charge is 0.506 e. The van der Waals surface area contributed by atoms with Gasteiger partial charge < -0.3 is 15.6 Å². The first-order valence-electron chi connectivity index (χ1n) is 7.20. The first kappa shape index (κ1) is 15.6. The summed E-state index contributed by atoms with van der Waals surface area (Å²) in [6, 6.07) is 5.41. The molecule has 0 unspecified atom stereocenters. The smallest absolute Gasteiger partial charge is 0.134 e. The Hall–Kier alpha value is -0.810. The van der Waals surface area contributed by atoms with Gasteiger partial charge in [0.2, 0.25) is 0 Å². The maximum Gasteiger partial charge on any atom is 0.134 e. The molecular weight excluding hydrogens is 276 g/mol. The third-order valence-corrected chi connectivity index (χ3v) is 3.96. The Kier molecular flexibility index (Phi) is 6.10. The lowest BCUT2D eigenvalue weighted by Gasteiger charge is -2.32. The molecular formula is C15H23ClN2O2. The fraction of sp³-hybridized carbons (Fsp3) is 0.600. The zero-order valence-corrected chi connectivity index (χ0v) is 12.5. The van der Waals surface area contributed by atoms with Crippen LogP contribution in [0.4, 0.5) is 0 Å². The fourth-order valence-corrected chi connectivity index (χ4v) is 2.68. The highest BCUT2D eigenvalue weighted by atomic mass is 35.5. The van der Waals surface area contributed by atoms with E-state index in [1.807, 2.05) is 12.1 Å². The third-order valence-electron chi connectivity index (χ3n) is 3.65.